The highest BCUT2D eigenvalue weighted by molar-refractivity contribution is 6.36. The summed E-state index contributed by atoms with van der Waals surface area (Å²) in [6, 6.07) is 5.08. The second-order valence-corrected chi connectivity index (χ2v) is 5.98. The highest BCUT2D eigenvalue weighted by Crippen LogP contribution is 2.25. The Balaban J connectivity index is 2.15. The van der Waals surface area contributed by atoms with E-state index in [1.54, 1.807) is 18.2 Å². The van der Waals surface area contributed by atoms with Crippen molar-refractivity contribution in [3.8, 4) is 0 Å². The number of nitrogens with zero attached hydrogens (tertiary/aromatic N) is 1. The van der Waals surface area contributed by atoms with Crippen LogP contribution in [-0.4, -0.2) is 29.9 Å². The third-order valence-corrected chi connectivity index (χ3v) is 4.20. The number of benzene rings is 1. The van der Waals surface area contributed by atoms with E-state index in [1.165, 1.54) is 0 Å². The minimum Gasteiger partial charge on any atom is -0.338 e. The fourth-order valence-electron chi connectivity index (χ4n) is 2.46. The molecule has 0 spiro atoms. The van der Waals surface area contributed by atoms with E-state index in [4.69, 9.17) is 28.9 Å². The van der Waals surface area contributed by atoms with Crippen LogP contribution in [0.4, 0.5) is 0 Å². The van der Waals surface area contributed by atoms with Crippen LogP contribution < -0.4 is 5.73 Å². The SMILES string of the molecule is C[C@@H](N)[C@H]1CCCN(C(=O)c2ccc(Cl)cc2Cl)C1. The highest BCUT2D eigenvalue weighted by Gasteiger charge is 2.27. The quantitative estimate of drug-likeness (QED) is 0.912. The van der Waals surface area contributed by atoms with Crippen molar-refractivity contribution in [3.63, 3.8) is 0 Å². The third-order valence-electron chi connectivity index (χ3n) is 3.65. The van der Waals surface area contributed by atoms with Crippen LogP contribution in [0.1, 0.15) is 30.1 Å². The molecule has 0 aromatic heterocycles. The normalized spacial score (nSPS) is 21.3. The van der Waals surface area contributed by atoms with Crippen LogP contribution in [0.5, 0.6) is 0 Å². The molecule has 1 saturated heterocycles. The number of carbonyl (C=O) groups is 1. The zero-order chi connectivity index (χ0) is 14.0. The van der Waals surface area contributed by atoms with Crippen LogP contribution in [0.2, 0.25) is 10.0 Å². The van der Waals surface area contributed by atoms with Gasteiger partial charge >= 0.3 is 0 Å². The predicted molar refractivity (Wildman–Crippen MR) is 78.7 cm³/mol. The van der Waals surface area contributed by atoms with Crippen LogP contribution in [0.3, 0.4) is 0 Å². The molecular weight excluding hydrogens is 283 g/mol. The summed E-state index contributed by atoms with van der Waals surface area (Å²) in [5.74, 6) is 0.329. The second kappa shape index (κ2) is 6.12. The molecule has 1 fully saturated rings. The Bertz CT molecular complexity index is 477. The summed E-state index contributed by atoms with van der Waals surface area (Å²) >= 11 is 11.9. The van der Waals surface area contributed by atoms with Crippen molar-refractivity contribution in [2.75, 3.05) is 13.1 Å². The van der Waals surface area contributed by atoms with Gasteiger partial charge in [-0.3, -0.25) is 4.79 Å². The Morgan fingerprint density at radius 3 is 2.84 bits per heavy atom. The Hall–Kier alpha value is -0.770. The van der Waals surface area contributed by atoms with Crippen LogP contribution in [0.25, 0.3) is 0 Å². The number of halogens is 2. The van der Waals surface area contributed by atoms with Crippen molar-refractivity contribution in [2.24, 2.45) is 11.7 Å². The molecule has 1 aliphatic heterocycles. The number of carbonyl (C=O) groups excluding carboxylic acids is 1. The number of hydrogen-bond acceptors (Lipinski definition) is 2. The molecule has 1 amide bonds. The lowest BCUT2D eigenvalue weighted by molar-refractivity contribution is 0.0661. The maximum absolute atomic E-state index is 12.5. The van der Waals surface area contributed by atoms with Gasteiger partial charge in [0.2, 0.25) is 0 Å². The molecule has 104 valence electrons. The molecule has 0 saturated carbocycles. The van der Waals surface area contributed by atoms with Gasteiger partial charge in [0.1, 0.15) is 0 Å². The minimum atomic E-state index is -0.0352. The van der Waals surface area contributed by atoms with E-state index in [9.17, 15) is 4.79 Å². The van der Waals surface area contributed by atoms with Crippen LogP contribution >= 0.6 is 23.2 Å². The van der Waals surface area contributed by atoms with Gasteiger partial charge in [-0.05, 0) is 43.9 Å². The zero-order valence-electron chi connectivity index (χ0n) is 10.9. The van der Waals surface area contributed by atoms with E-state index >= 15 is 0 Å². The van der Waals surface area contributed by atoms with Crippen molar-refractivity contribution in [3.05, 3.63) is 33.8 Å². The van der Waals surface area contributed by atoms with E-state index in [-0.39, 0.29) is 11.9 Å². The summed E-state index contributed by atoms with van der Waals surface area (Å²) in [6.07, 6.45) is 2.07. The molecular formula is C14H18Cl2N2O. The smallest absolute Gasteiger partial charge is 0.255 e. The van der Waals surface area contributed by atoms with Crippen LogP contribution in [0, 0.1) is 5.92 Å². The topological polar surface area (TPSA) is 46.3 Å². The molecule has 3 nitrogen and oxygen atoms in total. The van der Waals surface area contributed by atoms with Gasteiger partial charge in [0.15, 0.2) is 0 Å². The maximum Gasteiger partial charge on any atom is 0.255 e. The number of rotatable bonds is 2. The number of amides is 1. The zero-order valence-corrected chi connectivity index (χ0v) is 12.4. The van der Waals surface area contributed by atoms with Crippen molar-refractivity contribution in [2.45, 2.75) is 25.8 Å². The minimum absolute atomic E-state index is 0.0352. The van der Waals surface area contributed by atoms with E-state index in [0.29, 0.717) is 28.1 Å². The van der Waals surface area contributed by atoms with E-state index < -0.39 is 0 Å². The fourth-order valence-corrected chi connectivity index (χ4v) is 2.95. The van der Waals surface area contributed by atoms with Gasteiger partial charge in [0.25, 0.3) is 5.91 Å². The Morgan fingerprint density at radius 1 is 1.47 bits per heavy atom. The number of nitrogens with two attached hydrogens (primary N) is 1. The molecule has 1 heterocycles. The molecule has 2 atom stereocenters. The van der Waals surface area contributed by atoms with E-state index in [0.717, 1.165) is 19.4 Å². The number of piperidine rings is 1. The van der Waals surface area contributed by atoms with Crippen molar-refractivity contribution in [1.29, 1.82) is 0 Å². The monoisotopic (exact) mass is 300 g/mol. The molecule has 19 heavy (non-hydrogen) atoms. The Morgan fingerprint density at radius 2 is 2.21 bits per heavy atom. The van der Waals surface area contributed by atoms with E-state index in [2.05, 4.69) is 0 Å². The molecule has 1 aliphatic rings. The van der Waals surface area contributed by atoms with Crippen LogP contribution in [-0.2, 0) is 0 Å². The summed E-state index contributed by atoms with van der Waals surface area (Å²) in [5.41, 5.74) is 6.45. The maximum atomic E-state index is 12.5. The lowest BCUT2D eigenvalue weighted by atomic mass is 9.92. The molecule has 2 rings (SSSR count). The summed E-state index contributed by atoms with van der Waals surface area (Å²) in [7, 11) is 0. The Labute approximate surface area is 123 Å². The Kier molecular flexibility index (Phi) is 4.71. The average Bonchev–Trinajstić information content (AvgIpc) is 2.38. The standard InChI is InChI=1S/C14H18Cl2N2O/c1-9(17)10-3-2-6-18(8-10)14(19)12-5-4-11(15)7-13(12)16/h4-5,7,9-10H,2-3,6,8,17H2,1H3/t9-,10+/m1/s1. The molecule has 0 bridgehead atoms. The second-order valence-electron chi connectivity index (χ2n) is 5.14. The first-order valence-corrected chi connectivity index (χ1v) is 7.24. The van der Waals surface area contributed by atoms with Crippen molar-refractivity contribution < 1.29 is 4.79 Å². The first-order chi connectivity index (χ1) is 8.99. The lowest BCUT2D eigenvalue weighted by Crippen LogP contribution is -2.45. The molecule has 0 aliphatic carbocycles. The largest absolute Gasteiger partial charge is 0.338 e. The highest BCUT2D eigenvalue weighted by atomic mass is 35.5. The predicted octanol–water partition coefficient (Wildman–Crippen LogP) is 3.19. The van der Waals surface area contributed by atoms with Gasteiger partial charge in [-0.2, -0.15) is 0 Å². The fraction of sp³-hybridized carbons (Fsp3) is 0.500. The van der Waals surface area contributed by atoms with Gasteiger partial charge in [-0.25, -0.2) is 0 Å². The summed E-state index contributed by atoms with van der Waals surface area (Å²) in [6.45, 7) is 3.46. The molecule has 2 N–H and O–H groups in total. The van der Waals surface area contributed by atoms with Crippen molar-refractivity contribution in [1.82, 2.24) is 4.90 Å². The van der Waals surface area contributed by atoms with Gasteiger partial charge in [0, 0.05) is 24.2 Å². The molecule has 5 heteroatoms. The van der Waals surface area contributed by atoms with Gasteiger partial charge < -0.3 is 10.6 Å². The summed E-state index contributed by atoms with van der Waals surface area (Å²) in [5, 5.41) is 0.939. The molecule has 0 unspecified atom stereocenters. The summed E-state index contributed by atoms with van der Waals surface area (Å²) in [4.78, 5) is 14.3. The lowest BCUT2D eigenvalue weighted by Gasteiger charge is -2.34. The molecule has 0 radical (unpaired) electrons. The first-order valence-electron chi connectivity index (χ1n) is 6.49. The number of likely N-dealkylation sites (tertiary alicyclic amines) is 1. The van der Waals surface area contributed by atoms with Gasteiger partial charge in [-0.15, -0.1) is 0 Å². The average molecular weight is 301 g/mol. The van der Waals surface area contributed by atoms with E-state index in [1.807, 2.05) is 11.8 Å². The van der Waals surface area contributed by atoms with Gasteiger partial charge in [0.05, 0.1) is 10.6 Å². The first kappa shape index (κ1) is 14.6. The molecule has 1 aromatic carbocycles. The van der Waals surface area contributed by atoms with Crippen molar-refractivity contribution >= 4 is 29.1 Å². The molecule has 1 aromatic rings. The third kappa shape index (κ3) is 3.41. The van der Waals surface area contributed by atoms with Crippen LogP contribution in [0.15, 0.2) is 18.2 Å². The number of hydrogen-bond donors (Lipinski definition) is 1. The van der Waals surface area contributed by atoms with Gasteiger partial charge in [-0.1, -0.05) is 23.2 Å². The summed E-state index contributed by atoms with van der Waals surface area (Å²) < 4.78 is 0.